The van der Waals surface area contributed by atoms with E-state index in [9.17, 15) is 23.9 Å². The topological polar surface area (TPSA) is 92.7 Å². The lowest BCUT2D eigenvalue weighted by Crippen LogP contribution is -2.54. The van der Waals surface area contributed by atoms with Crippen LogP contribution in [0.15, 0.2) is 24.3 Å². The Morgan fingerprint density at radius 3 is 2.62 bits per heavy atom. The smallest absolute Gasteiger partial charge is 0.345 e. The number of rotatable bonds is 8. The Labute approximate surface area is 173 Å². The van der Waals surface area contributed by atoms with Crippen molar-refractivity contribution in [1.29, 1.82) is 0 Å². The van der Waals surface area contributed by atoms with Gasteiger partial charge in [0.25, 0.3) is 0 Å². The summed E-state index contributed by atoms with van der Waals surface area (Å²) >= 11 is 6.72. The highest BCUT2D eigenvalue weighted by Crippen LogP contribution is 2.57. The third-order valence-corrected chi connectivity index (χ3v) is 6.93. The van der Waals surface area contributed by atoms with Gasteiger partial charge >= 0.3 is 5.97 Å². The number of halogens is 2. The van der Waals surface area contributed by atoms with Crippen LogP contribution in [0.2, 0.25) is 0 Å². The maximum absolute atomic E-state index is 13.1. The van der Waals surface area contributed by atoms with Gasteiger partial charge in [-0.2, -0.15) is 0 Å². The van der Waals surface area contributed by atoms with E-state index in [0.29, 0.717) is 12.8 Å². The van der Waals surface area contributed by atoms with E-state index in [4.69, 9.17) is 16.3 Å². The Bertz CT molecular complexity index is 801. The zero-order valence-electron chi connectivity index (χ0n) is 16.2. The van der Waals surface area contributed by atoms with Gasteiger partial charge in [-0.25, -0.2) is 9.18 Å². The Balaban J connectivity index is 1.87. The average Bonchev–Trinajstić information content (AvgIpc) is 2.87. The molecule has 1 aromatic carbocycles. The van der Waals surface area contributed by atoms with Crippen LogP contribution in [0, 0.1) is 17.2 Å². The number of ether oxygens (including phenoxy) is 1. The molecule has 2 aliphatic rings. The van der Waals surface area contributed by atoms with Crippen LogP contribution in [-0.4, -0.2) is 33.9 Å². The van der Waals surface area contributed by atoms with Gasteiger partial charge in [0, 0.05) is 5.92 Å². The molecule has 29 heavy (non-hydrogen) atoms. The van der Waals surface area contributed by atoms with Crippen LogP contribution in [0.4, 0.5) is 4.39 Å². The second-order valence-electron chi connectivity index (χ2n) is 7.96. The number of hydrogen-bond acceptors (Lipinski definition) is 4. The van der Waals surface area contributed by atoms with Gasteiger partial charge < -0.3 is 9.84 Å². The molecule has 2 N–H and O–H groups in total. The SMILES string of the molecule is CCCCCC12CC(C(Oc3ccc(F)cc3)C(=O)O)CCC1(Cl)C(=O)NC2=O. The van der Waals surface area contributed by atoms with Crippen LogP contribution in [0.25, 0.3) is 0 Å². The minimum absolute atomic E-state index is 0.149. The second-order valence-corrected chi connectivity index (χ2v) is 8.60. The molecule has 0 bridgehead atoms. The molecule has 1 aliphatic carbocycles. The number of alkyl halides is 1. The van der Waals surface area contributed by atoms with Gasteiger partial charge in [-0.15, -0.1) is 11.6 Å². The van der Waals surface area contributed by atoms with Crippen molar-refractivity contribution in [3.63, 3.8) is 0 Å². The van der Waals surface area contributed by atoms with Crippen molar-refractivity contribution in [3.05, 3.63) is 30.1 Å². The summed E-state index contributed by atoms with van der Waals surface area (Å²) in [4.78, 5) is 35.9. The molecule has 0 spiro atoms. The van der Waals surface area contributed by atoms with E-state index in [1.807, 2.05) is 6.92 Å². The van der Waals surface area contributed by atoms with E-state index in [-0.39, 0.29) is 18.6 Å². The summed E-state index contributed by atoms with van der Waals surface area (Å²) < 4.78 is 18.8. The minimum Gasteiger partial charge on any atom is -0.478 e. The molecule has 1 saturated carbocycles. The summed E-state index contributed by atoms with van der Waals surface area (Å²) in [6.07, 6.45) is 2.41. The predicted molar refractivity (Wildman–Crippen MR) is 104 cm³/mol. The number of unbranched alkanes of at least 4 members (excludes halogenated alkanes) is 2. The van der Waals surface area contributed by atoms with E-state index in [1.165, 1.54) is 24.3 Å². The maximum atomic E-state index is 13.1. The van der Waals surface area contributed by atoms with Crippen molar-refractivity contribution in [2.24, 2.45) is 11.3 Å². The number of carbonyl (C=O) groups excluding carboxylic acids is 2. The van der Waals surface area contributed by atoms with Crippen molar-refractivity contribution in [2.75, 3.05) is 0 Å². The molecular weight excluding hydrogens is 401 g/mol. The number of carboxylic acids is 1. The van der Waals surface area contributed by atoms with Gasteiger partial charge in [0.2, 0.25) is 11.8 Å². The third-order valence-electron chi connectivity index (χ3n) is 6.21. The first-order chi connectivity index (χ1) is 13.7. The van der Waals surface area contributed by atoms with Crippen molar-refractivity contribution in [2.45, 2.75) is 62.8 Å². The molecule has 4 atom stereocenters. The summed E-state index contributed by atoms with van der Waals surface area (Å²) in [7, 11) is 0. The quantitative estimate of drug-likeness (QED) is 0.376. The number of aliphatic carboxylic acids is 1. The van der Waals surface area contributed by atoms with E-state index in [2.05, 4.69) is 5.32 Å². The van der Waals surface area contributed by atoms with Crippen LogP contribution in [0.5, 0.6) is 5.75 Å². The van der Waals surface area contributed by atoms with Crippen LogP contribution in [0.3, 0.4) is 0 Å². The highest BCUT2D eigenvalue weighted by atomic mass is 35.5. The molecule has 2 fully saturated rings. The lowest BCUT2D eigenvalue weighted by atomic mass is 9.60. The summed E-state index contributed by atoms with van der Waals surface area (Å²) in [5.74, 6) is -2.83. The first-order valence-electron chi connectivity index (χ1n) is 9.93. The molecular formula is C21H25ClFNO5. The molecule has 1 heterocycles. The van der Waals surface area contributed by atoms with E-state index >= 15 is 0 Å². The fourth-order valence-electron chi connectivity index (χ4n) is 4.62. The number of benzene rings is 1. The monoisotopic (exact) mass is 425 g/mol. The molecule has 8 heteroatoms. The van der Waals surface area contributed by atoms with Crippen molar-refractivity contribution >= 4 is 29.4 Å². The molecule has 158 valence electrons. The molecule has 0 radical (unpaired) electrons. The van der Waals surface area contributed by atoms with Gasteiger partial charge in [0.15, 0.2) is 6.10 Å². The minimum atomic E-state index is -1.35. The largest absolute Gasteiger partial charge is 0.478 e. The molecule has 1 aromatic rings. The number of amides is 2. The Kier molecular flexibility index (Phi) is 6.17. The van der Waals surface area contributed by atoms with Gasteiger partial charge in [0.1, 0.15) is 16.4 Å². The fraction of sp³-hybridized carbons (Fsp3) is 0.571. The third kappa shape index (κ3) is 3.84. The van der Waals surface area contributed by atoms with Crippen LogP contribution < -0.4 is 10.1 Å². The summed E-state index contributed by atoms with van der Waals surface area (Å²) in [6, 6.07) is 5.11. The van der Waals surface area contributed by atoms with E-state index in [1.54, 1.807) is 0 Å². The van der Waals surface area contributed by atoms with Gasteiger partial charge in [-0.1, -0.05) is 26.2 Å². The Morgan fingerprint density at radius 2 is 2.00 bits per heavy atom. The highest BCUT2D eigenvalue weighted by molar-refractivity contribution is 6.41. The van der Waals surface area contributed by atoms with Crippen LogP contribution >= 0.6 is 11.6 Å². The van der Waals surface area contributed by atoms with Crippen molar-refractivity contribution in [3.8, 4) is 5.75 Å². The molecule has 6 nitrogen and oxygen atoms in total. The van der Waals surface area contributed by atoms with Crippen LogP contribution in [-0.2, 0) is 14.4 Å². The number of fused-ring (bicyclic) bond motifs is 1. The standard InChI is InChI=1S/C21H25ClFNO5/c1-2-3-4-10-20-12-13(9-11-21(20,22)19(28)24-18(20)27)16(17(25)26)29-15-7-5-14(23)6-8-15/h5-8,13,16H,2-4,9-12H2,1H3,(H,25,26)(H,24,27,28). The summed E-state index contributed by atoms with van der Waals surface area (Å²) in [5.41, 5.74) is -1.15. The zero-order chi connectivity index (χ0) is 21.2. The number of carboxylic acid groups (broad SMARTS) is 1. The lowest BCUT2D eigenvalue weighted by Gasteiger charge is -2.45. The molecule has 4 unspecified atom stereocenters. The van der Waals surface area contributed by atoms with Gasteiger partial charge in [-0.05, 0) is 49.9 Å². The zero-order valence-corrected chi connectivity index (χ0v) is 17.0. The molecule has 1 saturated heterocycles. The predicted octanol–water partition coefficient (Wildman–Crippen LogP) is 3.66. The normalized spacial score (nSPS) is 29.8. The van der Waals surface area contributed by atoms with Crippen LogP contribution in [0.1, 0.15) is 51.9 Å². The first kappa shape index (κ1) is 21.6. The maximum Gasteiger partial charge on any atom is 0.345 e. The number of hydrogen-bond donors (Lipinski definition) is 2. The highest BCUT2D eigenvalue weighted by Gasteiger charge is 2.67. The number of nitrogens with one attached hydrogen (secondary N) is 1. The van der Waals surface area contributed by atoms with Gasteiger partial charge in [-0.3, -0.25) is 14.9 Å². The average molecular weight is 426 g/mol. The van der Waals surface area contributed by atoms with E-state index < -0.39 is 45.9 Å². The number of imide groups is 1. The summed E-state index contributed by atoms with van der Waals surface area (Å²) in [6.45, 7) is 2.03. The molecule has 2 amide bonds. The number of carbonyl (C=O) groups is 3. The first-order valence-corrected chi connectivity index (χ1v) is 10.3. The molecule has 1 aliphatic heterocycles. The second kappa shape index (κ2) is 8.30. The molecule has 0 aromatic heterocycles. The van der Waals surface area contributed by atoms with Crippen molar-refractivity contribution < 1.29 is 28.6 Å². The lowest BCUT2D eigenvalue weighted by molar-refractivity contribution is -0.151. The molecule has 3 rings (SSSR count). The van der Waals surface area contributed by atoms with Crippen molar-refractivity contribution in [1.82, 2.24) is 5.32 Å². The Morgan fingerprint density at radius 1 is 1.31 bits per heavy atom. The van der Waals surface area contributed by atoms with Gasteiger partial charge in [0.05, 0.1) is 5.41 Å². The fourth-order valence-corrected chi connectivity index (χ4v) is 5.03. The van der Waals surface area contributed by atoms with E-state index in [0.717, 1.165) is 19.3 Å². The summed E-state index contributed by atoms with van der Waals surface area (Å²) in [5, 5.41) is 12.1. The Hall–Kier alpha value is -2.15.